The molecule has 0 saturated carbocycles. The second-order valence-corrected chi connectivity index (χ2v) is 15.0. The standard InChI is InChI=1S/C29H23N3.3ClH.V/c1-20-10-3-5-12-22(20)24-14-7-16-26(30-24)28-18-9-19-29(32-28)27-17-8-15-25(31-27)23-13-6-4-11-21(23)2;;;;/h3-19H,1-2H3;3*1H;/q;;;;+3/p-3. The average Bonchev–Trinajstić information content (AvgIpc) is 2.89. The van der Waals surface area contributed by atoms with Gasteiger partial charge in [-0.05, 0) is 61.4 Å². The van der Waals surface area contributed by atoms with Gasteiger partial charge in [-0.1, -0.05) is 66.7 Å². The first-order valence-electron chi connectivity index (χ1n) is 11.2. The summed E-state index contributed by atoms with van der Waals surface area (Å²) in [6.07, 6.45) is 0. The van der Waals surface area contributed by atoms with E-state index in [1.54, 1.807) is 0 Å². The van der Waals surface area contributed by atoms with E-state index in [2.05, 4.69) is 38.1 Å². The van der Waals surface area contributed by atoms with Crippen molar-refractivity contribution in [2.24, 2.45) is 0 Å². The molecular weight excluding hydrogens is 548 g/mol. The SMILES string of the molecule is Cc1ccccc1-c1cccc(-c2cccc(-c3cccc(-c4ccccc4C)n3)n2)n1.[Cl][V]([Cl])[Cl]. The molecule has 0 unspecified atom stereocenters. The number of rotatable bonds is 4. The zero-order valence-corrected chi connectivity index (χ0v) is 23.4. The van der Waals surface area contributed by atoms with Gasteiger partial charge in [0.2, 0.25) is 0 Å². The molecule has 0 N–H and O–H groups in total. The molecule has 5 rings (SSSR count). The molecule has 5 aromatic rings. The van der Waals surface area contributed by atoms with Crippen LogP contribution in [0.4, 0.5) is 0 Å². The number of benzene rings is 2. The summed E-state index contributed by atoms with van der Waals surface area (Å²) in [5.74, 6) is 0. The first kappa shape index (κ1) is 26.4. The molecule has 0 atom stereocenters. The fourth-order valence-electron chi connectivity index (χ4n) is 3.90. The van der Waals surface area contributed by atoms with Crippen molar-refractivity contribution in [3.05, 3.63) is 114 Å². The Balaban J connectivity index is 0.000000709. The molecule has 7 heteroatoms. The summed E-state index contributed by atoms with van der Waals surface area (Å²) < 4.78 is 0. The van der Waals surface area contributed by atoms with Gasteiger partial charge in [0, 0.05) is 11.1 Å². The van der Waals surface area contributed by atoms with Gasteiger partial charge >= 0.3 is 41.8 Å². The van der Waals surface area contributed by atoms with E-state index in [-0.39, 0.29) is 0 Å². The van der Waals surface area contributed by atoms with Crippen LogP contribution in [-0.2, 0) is 12.3 Å². The summed E-state index contributed by atoms with van der Waals surface area (Å²) in [6, 6.07) is 34.8. The van der Waals surface area contributed by atoms with Crippen LogP contribution >= 0.6 is 29.5 Å². The van der Waals surface area contributed by atoms with Crippen LogP contribution in [-0.4, -0.2) is 15.0 Å². The molecule has 0 bridgehead atoms. The number of hydrogen-bond donors (Lipinski definition) is 0. The first-order chi connectivity index (χ1) is 17.4. The predicted molar refractivity (Wildman–Crippen MR) is 149 cm³/mol. The van der Waals surface area contributed by atoms with E-state index < -0.39 is 12.3 Å². The Bertz CT molecular complexity index is 1370. The number of halogens is 3. The van der Waals surface area contributed by atoms with Crippen LogP contribution in [0.15, 0.2) is 103 Å². The zero-order valence-electron chi connectivity index (χ0n) is 19.7. The molecule has 0 spiro atoms. The van der Waals surface area contributed by atoms with Crippen LogP contribution in [0.25, 0.3) is 45.3 Å². The number of nitrogens with zero attached hydrogens (tertiary/aromatic N) is 3. The van der Waals surface area contributed by atoms with Crippen molar-refractivity contribution < 1.29 is 12.3 Å². The van der Waals surface area contributed by atoms with E-state index in [1.165, 1.54) is 11.1 Å². The minimum atomic E-state index is -1.77. The fourth-order valence-corrected chi connectivity index (χ4v) is 3.90. The van der Waals surface area contributed by atoms with Gasteiger partial charge in [-0.15, -0.1) is 0 Å². The van der Waals surface area contributed by atoms with Gasteiger partial charge in [0.25, 0.3) is 0 Å². The molecule has 36 heavy (non-hydrogen) atoms. The topological polar surface area (TPSA) is 38.7 Å². The molecule has 3 aromatic heterocycles. The summed E-state index contributed by atoms with van der Waals surface area (Å²) >= 11 is -1.77. The molecular formula is C29H23Cl3N3V. The van der Waals surface area contributed by atoms with Gasteiger partial charge in [0.15, 0.2) is 0 Å². The summed E-state index contributed by atoms with van der Waals surface area (Å²) in [7, 11) is 14.9. The van der Waals surface area contributed by atoms with Crippen molar-refractivity contribution in [1.29, 1.82) is 0 Å². The molecule has 3 nitrogen and oxygen atoms in total. The molecule has 0 amide bonds. The predicted octanol–water partition coefficient (Wildman–Crippen LogP) is 9.22. The van der Waals surface area contributed by atoms with E-state index in [0.29, 0.717) is 0 Å². The summed E-state index contributed by atoms with van der Waals surface area (Å²) in [6.45, 7) is 4.21. The van der Waals surface area contributed by atoms with Crippen molar-refractivity contribution in [1.82, 2.24) is 15.0 Å². The zero-order chi connectivity index (χ0) is 25.5. The van der Waals surface area contributed by atoms with Crippen molar-refractivity contribution in [3.8, 4) is 45.3 Å². The van der Waals surface area contributed by atoms with Crippen LogP contribution in [0.1, 0.15) is 11.1 Å². The third kappa shape index (κ3) is 6.76. The number of pyridine rings is 3. The van der Waals surface area contributed by atoms with E-state index in [0.717, 1.165) is 45.3 Å². The number of hydrogen-bond acceptors (Lipinski definition) is 3. The summed E-state index contributed by atoms with van der Waals surface area (Å²) in [4.78, 5) is 14.7. The maximum atomic E-state index is 4.95. The molecule has 0 aliphatic rings. The maximum absolute atomic E-state index is 4.95. The molecule has 3 heterocycles. The quantitative estimate of drug-likeness (QED) is 0.216. The van der Waals surface area contributed by atoms with E-state index >= 15 is 0 Å². The van der Waals surface area contributed by atoms with E-state index in [4.69, 9.17) is 44.5 Å². The Morgan fingerprint density at radius 3 is 1.03 bits per heavy atom. The molecule has 2 aromatic carbocycles. The monoisotopic (exact) mass is 569 g/mol. The van der Waals surface area contributed by atoms with Crippen LogP contribution < -0.4 is 0 Å². The van der Waals surface area contributed by atoms with E-state index in [9.17, 15) is 0 Å². The van der Waals surface area contributed by atoms with Crippen LogP contribution in [0.5, 0.6) is 0 Å². The van der Waals surface area contributed by atoms with Crippen molar-refractivity contribution in [2.75, 3.05) is 0 Å². The Kier molecular flexibility index (Phi) is 9.20. The molecule has 0 aliphatic heterocycles. The fraction of sp³-hybridized carbons (Fsp3) is 0.0690. The minimum absolute atomic E-state index is 0.834. The summed E-state index contributed by atoms with van der Waals surface area (Å²) in [5.41, 5.74) is 9.95. The van der Waals surface area contributed by atoms with Gasteiger partial charge in [-0.3, -0.25) is 0 Å². The van der Waals surface area contributed by atoms with Gasteiger partial charge in [-0.25, -0.2) is 15.0 Å². The first-order valence-corrected chi connectivity index (χ1v) is 17.0. The third-order valence-electron chi connectivity index (χ3n) is 5.61. The van der Waals surface area contributed by atoms with E-state index in [1.807, 2.05) is 78.9 Å². The second kappa shape index (κ2) is 12.5. The Morgan fingerprint density at radius 1 is 0.417 bits per heavy atom. The van der Waals surface area contributed by atoms with Crippen LogP contribution in [0.2, 0.25) is 0 Å². The Labute approximate surface area is 229 Å². The molecule has 0 saturated heterocycles. The third-order valence-corrected chi connectivity index (χ3v) is 5.61. The number of aryl methyl sites for hydroxylation is 2. The van der Waals surface area contributed by atoms with Gasteiger partial charge < -0.3 is 0 Å². The Morgan fingerprint density at radius 2 is 0.694 bits per heavy atom. The molecule has 0 radical (unpaired) electrons. The van der Waals surface area contributed by atoms with Crippen LogP contribution in [0, 0.1) is 13.8 Å². The summed E-state index contributed by atoms with van der Waals surface area (Å²) in [5, 5.41) is 0. The molecule has 180 valence electrons. The van der Waals surface area contributed by atoms with Gasteiger partial charge in [0.1, 0.15) is 0 Å². The van der Waals surface area contributed by atoms with Gasteiger partial charge in [-0.2, -0.15) is 0 Å². The van der Waals surface area contributed by atoms with Crippen molar-refractivity contribution in [2.45, 2.75) is 13.8 Å². The Hall–Kier alpha value is -2.66. The molecule has 0 aliphatic carbocycles. The second-order valence-electron chi connectivity index (χ2n) is 8.05. The van der Waals surface area contributed by atoms with Crippen molar-refractivity contribution in [3.63, 3.8) is 0 Å². The number of aromatic nitrogens is 3. The van der Waals surface area contributed by atoms with Gasteiger partial charge in [0.05, 0.1) is 34.2 Å². The average molecular weight is 571 g/mol. The van der Waals surface area contributed by atoms with Crippen molar-refractivity contribution >= 4 is 29.5 Å². The normalized spacial score (nSPS) is 10.6. The molecule has 0 fully saturated rings. The van der Waals surface area contributed by atoms with Crippen LogP contribution in [0.3, 0.4) is 0 Å².